The normalized spacial score (nSPS) is 11.3. The summed E-state index contributed by atoms with van der Waals surface area (Å²) in [4.78, 5) is 0. The molecule has 1 aliphatic heterocycles. The molecular formula is C58H61Cl2SiZr-3. The molecule has 0 saturated heterocycles. The molecule has 62 heavy (non-hydrogen) atoms. The number of hydrogen-bond donors (Lipinski definition) is 0. The molecular weight excluding hydrogens is 887 g/mol. The minimum absolute atomic E-state index is 0.701. The van der Waals surface area contributed by atoms with E-state index in [0.717, 1.165) is 22.4 Å². The van der Waals surface area contributed by atoms with Crippen LogP contribution in [0.2, 0.25) is 0 Å². The van der Waals surface area contributed by atoms with Crippen LogP contribution in [0.4, 0.5) is 0 Å². The first-order chi connectivity index (χ1) is 30.2. The van der Waals surface area contributed by atoms with Gasteiger partial charge in [0.15, 0.2) is 0 Å². The van der Waals surface area contributed by atoms with Gasteiger partial charge in [0.1, 0.15) is 0 Å². The van der Waals surface area contributed by atoms with Crippen LogP contribution >= 0.6 is 17.0 Å². The third-order valence-electron chi connectivity index (χ3n) is 11.5. The van der Waals surface area contributed by atoms with Gasteiger partial charge in [-0.2, -0.15) is 41.6 Å². The van der Waals surface area contributed by atoms with Crippen molar-refractivity contribution >= 4 is 58.5 Å². The second-order valence-corrected chi connectivity index (χ2v) is 22.3. The van der Waals surface area contributed by atoms with Gasteiger partial charge in [-0.15, -0.1) is 74.6 Å². The predicted molar refractivity (Wildman–Crippen MR) is 272 cm³/mol. The van der Waals surface area contributed by atoms with E-state index in [4.69, 9.17) is 17.0 Å². The molecule has 0 atom stereocenters. The van der Waals surface area contributed by atoms with Gasteiger partial charge in [-0.1, -0.05) is 161 Å². The third kappa shape index (κ3) is 12.7. The summed E-state index contributed by atoms with van der Waals surface area (Å²) in [7, 11) is 10.7. The van der Waals surface area contributed by atoms with Crippen LogP contribution in [-0.4, -0.2) is 9.52 Å². The number of rotatable bonds is 12. The van der Waals surface area contributed by atoms with E-state index in [1.54, 1.807) is 0 Å². The molecule has 9 rings (SSSR count). The summed E-state index contributed by atoms with van der Waals surface area (Å²) in [6.07, 6.45) is 9.66. The summed E-state index contributed by atoms with van der Waals surface area (Å²) in [5.74, 6) is 1.40. The van der Waals surface area contributed by atoms with Crippen molar-refractivity contribution in [3.63, 3.8) is 0 Å². The molecule has 8 aromatic rings. The van der Waals surface area contributed by atoms with Crippen LogP contribution in [0, 0.1) is 17.9 Å². The maximum Gasteiger partial charge on any atom is 0.0920 e. The van der Waals surface area contributed by atoms with Crippen molar-refractivity contribution in [1.82, 2.24) is 0 Å². The van der Waals surface area contributed by atoms with Crippen LogP contribution in [0.5, 0.6) is 0 Å². The van der Waals surface area contributed by atoms with E-state index >= 15 is 0 Å². The van der Waals surface area contributed by atoms with Gasteiger partial charge in [0.05, 0.1) is 9.52 Å². The van der Waals surface area contributed by atoms with Crippen molar-refractivity contribution in [1.29, 1.82) is 0 Å². The predicted octanol–water partition coefficient (Wildman–Crippen LogP) is 16.0. The SMILES string of the molecule is CCCCc1ccccc1-c1cccc2[cH-]c(CC(C)C)cc12.CCCCc1ccccc1-c1cccc2[cH-]c(CC(C)C)cc12.[Cl][Zr][Cl].[c-]1cccc2c1[Si]c1ccccc1-2. The van der Waals surface area contributed by atoms with Gasteiger partial charge >= 0.3 is 37.9 Å². The Morgan fingerprint density at radius 2 is 0.968 bits per heavy atom. The Morgan fingerprint density at radius 1 is 0.532 bits per heavy atom. The maximum atomic E-state index is 4.93. The zero-order chi connectivity index (χ0) is 43.8. The second kappa shape index (κ2) is 24.3. The van der Waals surface area contributed by atoms with E-state index in [0.29, 0.717) is 11.8 Å². The fourth-order valence-electron chi connectivity index (χ4n) is 8.70. The zero-order valence-electron chi connectivity index (χ0n) is 37.5. The van der Waals surface area contributed by atoms with Gasteiger partial charge < -0.3 is 0 Å². The van der Waals surface area contributed by atoms with Crippen molar-refractivity contribution < 1.29 is 20.8 Å². The zero-order valence-corrected chi connectivity index (χ0v) is 42.5. The monoisotopic (exact) mass is 945 g/mol. The van der Waals surface area contributed by atoms with E-state index < -0.39 is 20.8 Å². The topological polar surface area (TPSA) is 0 Å². The Labute approximate surface area is 394 Å². The van der Waals surface area contributed by atoms with Crippen LogP contribution in [0.25, 0.3) is 54.9 Å². The molecule has 0 aromatic heterocycles. The number of hydrogen-bond acceptors (Lipinski definition) is 0. The van der Waals surface area contributed by atoms with Crippen LogP contribution in [0.3, 0.4) is 0 Å². The van der Waals surface area contributed by atoms with E-state index in [1.165, 1.54) is 126 Å². The van der Waals surface area contributed by atoms with Crippen LogP contribution in [0.15, 0.2) is 152 Å². The van der Waals surface area contributed by atoms with E-state index in [2.05, 4.69) is 193 Å². The Bertz CT molecular complexity index is 2430. The summed E-state index contributed by atoms with van der Waals surface area (Å²) in [6.45, 7) is 13.7. The summed E-state index contributed by atoms with van der Waals surface area (Å²) >= 11 is -0.826. The quantitative estimate of drug-likeness (QED) is 0.0846. The summed E-state index contributed by atoms with van der Waals surface area (Å²) in [6, 6.07) is 59.0. The number of halogens is 2. The van der Waals surface area contributed by atoms with E-state index in [-0.39, 0.29) is 0 Å². The smallest absolute Gasteiger partial charge is 0.0920 e. The maximum absolute atomic E-state index is 4.93. The molecule has 0 N–H and O–H groups in total. The average molecular weight is 948 g/mol. The van der Waals surface area contributed by atoms with Crippen LogP contribution in [-0.2, 0) is 46.5 Å². The summed E-state index contributed by atoms with van der Waals surface area (Å²) < 4.78 is 0. The second-order valence-electron chi connectivity index (χ2n) is 17.3. The van der Waals surface area contributed by atoms with Crippen molar-refractivity contribution in [3.05, 3.63) is 180 Å². The van der Waals surface area contributed by atoms with Gasteiger partial charge in [0.25, 0.3) is 0 Å². The number of unbranched alkanes of at least 4 members (excludes halogenated alkanes) is 2. The fraction of sp³-hybridized carbons (Fsp3) is 0.276. The molecule has 2 radical (unpaired) electrons. The minimum Gasteiger partial charge on any atom is -0.184 e. The molecule has 0 amide bonds. The van der Waals surface area contributed by atoms with Gasteiger partial charge in [0, 0.05) is 0 Å². The average Bonchev–Trinajstić information content (AvgIpc) is 4.00. The van der Waals surface area contributed by atoms with Crippen molar-refractivity contribution in [2.75, 3.05) is 0 Å². The molecule has 1 aliphatic rings. The molecule has 0 aliphatic carbocycles. The van der Waals surface area contributed by atoms with Crippen molar-refractivity contribution in [2.24, 2.45) is 11.8 Å². The molecule has 8 aromatic carbocycles. The van der Waals surface area contributed by atoms with Gasteiger partial charge in [-0.05, 0) is 72.6 Å². The molecule has 1 heterocycles. The number of fused-ring (bicyclic) bond motifs is 5. The van der Waals surface area contributed by atoms with Crippen LogP contribution < -0.4 is 10.4 Å². The van der Waals surface area contributed by atoms with E-state index in [9.17, 15) is 0 Å². The largest absolute Gasteiger partial charge is 0.184 e. The first-order valence-electron chi connectivity index (χ1n) is 22.6. The van der Waals surface area contributed by atoms with Crippen LogP contribution in [0.1, 0.15) is 89.5 Å². The molecule has 318 valence electrons. The molecule has 0 spiro atoms. The Hall–Kier alpha value is -3.78. The Balaban J connectivity index is 0.000000155. The van der Waals surface area contributed by atoms with E-state index in [1.807, 2.05) is 6.07 Å². The summed E-state index contributed by atoms with van der Waals surface area (Å²) in [5.41, 5.74) is 14.3. The first-order valence-corrected chi connectivity index (χ1v) is 29.9. The van der Waals surface area contributed by atoms with Crippen molar-refractivity contribution in [2.45, 2.75) is 92.9 Å². The van der Waals surface area contributed by atoms with Gasteiger partial charge in [-0.3, -0.25) is 0 Å². The Morgan fingerprint density at radius 3 is 1.45 bits per heavy atom. The molecule has 4 heteroatoms. The van der Waals surface area contributed by atoms with Crippen molar-refractivity contribution in [3.8, 4) is 33.4 Å². The molecule has 0 bridgehead atoms. The number of benzene rings is 6. The standard InChI is InChI=1S/2C23H27.C12H7Si.2ClH.Zr/c2*1-4-5-9-19-10-6-7-12-21(19)22-13-8-11-20-15-18(14-17(2)3)16-23(20)22;1-3-7-11-9(5-1)10-6-2-4-8-12(10)13-11;;;/h2*6-8,10-13,15-17H,4-5,9,14H2,1-3H3;1-7H;2*1H;/q3*-1;;;+2/p-2. The molecule has 0 fully saturated rings. The summed E-state index contributed by atoms with van der Waals surface area (Å²) in [5, 5.41) is 8.40. The Kier molecular flexibility index (Phi) is 18.7. The minimum atomic E-state index is -0.826. The molecule has 0 saturated carbocycles. The number of aryl methyl sites for hydroxylation is 2. The fourth-order valence-corrected chi connectivity index (χ4v) is 10.0. The first kappa shape index (κ1) is 47.7. The van der Waals surface area contributed by atoms with Gasteiger partial charge in [-0.25, -0.2) is 0 Å². The molecule has 0 unspecified atom stereocenters. The van der Waals surface area contributed by atoms with Gasteiger partial charge in [0.2, 0.25) is 0 Å². The third-order valence-corrected chi connectivity index (χ3v) is 12.8. The molecule has 0 nitrogen and oxygen atoms in total.